The molecule has 2 aromatic carbocycles. The van der Waals surface area contributed by atoms with Crippen LogP contribution in [0.2, 0.25) is 0 Å². The van der Waals surface area contributed by atoms with Crippen molar-refractivity contribution in [1.29, 1.82) is 0 Å². The van der Waals surface area contributed by atoms with Crippen LogP contribution in [0.3, 0.4) is 0 Å². The average Bonchev–Trinajstić information content (AvgIpc) is 2.70. The van der Waals surface area contributed by atoms with Crippen molar-refractivity contribution in [2.24, 2.45) is 0 Å². The number of hydrogen-bond acceptors (Lipinski definition) is 5. The highest BCUT2D eigenvalue weighted by molar-refractivity contribution is 5.92. The van der Waals surface area contributed by atoms with E-state index in [4.69, 9.17) is 9.47 Å². The van der Waals surface area contributed by atoms with E-state index < -0.39 is 4.92 Å². The summed E-state index contributed by atoms with van der Waals surface area (Å²) < 4.78 is 11.1. The smallest absolute Gasteiger partial charge is 0.276 e. The zero-order valence-corrected chi connectivity index (χ0v) is 14.9. The second-order valence-corrected chi connectivity index (χ2v) is 6.02. The number of rotatable bonds is 6. The lowest BCUT2D eigenvalue weighted by molar-refractivity contribution is -0.385. The Morgan fingerprint density at radius 2 is 1.96 bits per heavy atom. The Morgan fingerprint density at radius 1 is 1.22 bits per heavy atom. The molecule has 0 fully saturated rings. The van der Waals surface area contributed by atoms with Crippen molar-refractivity contribution in [1.82, 2.24) is 5.32 Å². The van der Waals surface area contributed by atoms with E-state index in [1.165, 1.54) is 18.2 Å². The minimum Gasteiger partial charge on any atom is -0.486 e. The van der Waals surface area contributed by atoms with Gasteiger partial charge in [-0.15, -0.1) is 0 Å². The molecule has 1 unspecified atom stereocenters. The highest BCUT2D eigenvalue weighted by Crippen LogP contribution is 2.33. The molecule has 1 aliphatic heterocycles. The highest BCUT2D eigenvalue weighted by Gasteiger charge is 2.17. The largest absolute Gasteiger partial charge is 0.486 e. The summed E-state index contributed by atoms with van der Waals surface area (Å²) in [5.41, 5.74) is 1.25. The number of carbonyl (C=O) groups is 1. The van der Waals surface area contributed by atoms with Gasteiger partial charge in [0, 0.05) is 12.1 Å². The molecule has 0 bridgehead atoms. The van der Waals surface area contributed by atoms with Crippen molar-refractivity contribution < 1.29 is 19.2 Å². The number of nitrogens with zero attached hydrogens (tertiary/aromatic N) is 1. The topological polar surface area (TPSA) is 90.7 Å². The maximum Gasteiger partial charge on any atom is 0.276 e. The lowest BCUT2D eigenvalue weighted by atomic mass is 10.0. The molecule has 1 amide bonds. The summed E-state index contributed by atoms with van der Waals surface area (Å²) in [6, 6.07) is 11.7. The van der Waals surface area contributed by atoms with Gasteiger partial charge in [0.15, 0.2) is 11.5 Å². The predicted octanol–water partition coefficient (Wildman–Crippen LogP) is 3.65. The second-order valence-electron chi connectivity index (χ2n) is 6.02. The maximum absolute atomic E-state index is 12.3. The number of hydrogen-bond donors (Lipinski definition) is 1. The summed E-state index contributed by atoms with van der Waals surface area (Å²) in [4.78, 5) is 22.9. The fourth-order valence-electron chi connectivity index (χ4n) is 2.88. The van der Waals surface area contributed by atoms with Crippen LogP contribution in [-0.2, 0) is 4.79 Å². The Balaban J connectivity index is 1.71. The zero-order chi connectivity index (χ0) is 19.2. The van der Waals surface area contributed by atoms with Gasteiger partial charge in [0.25, 0.3) is 5.69 Å². The van der Waals surface area contributed by atoms with Gasteiger partial charge in [-0.25, -0.2) is 0 Å². The van der Waals surface area contributed by atoms with Crippen molar-refractivity contribution in [2.75, 3.05) is 13.2 Å². The van der Waals surface area contributed by atoms with E-state index in [0.29, 0.717) is 36.7 Å². The van der Waals surface area contributed by atoms with Crippen molar-refractivity contribution in [3.8, 4) is 11.5 Å². The normalized spacial score (nSPS) is 14.0. The van der Waals surface area contributed by atoms with Gasteiger partial charge in [0.05, 0.1) is 16.5 Å². The molecule has 0 radical (unpaired) electrons. The quantitative estimate of drug-likeness (QED) is 0.477. The van der Waals surface area contributed by atoms with E-state index >= 15 is 0 Å². The molecule has 27 heavy (non-hydrogen) atoms. The molecule has 7 nitrogen and oxygen atoms in total. The van der Waals surface area contributed by atoms with Crippen LogP contribution in [0, 0.1) is 10.1 Å². The number of amides is 1. The standard InChI is InChI=1S/C20H20N2O5/c1-2-16(15-7-9-18-19(13-15)27-12-11-26-18)21-20(23)10-8-14-5-3-4-6-17(14)22(24)25/h3-10,13,16H,2,11-12H2,1H3,(H,21,23)/b10-8+. The fraction of sp³-hybridized carbons (Fsp3) is 0.250. The van der Waals surface area contributed by atoms with Crippen molar-refractivity contribution in [3.05, 3.63) is 69.8 Å². The van der Waals surface area contributed by atoms with Gasteiger partial charge >= 0.3 is 0 Å². The SMILES string of the molecule is CCC(NC(=O)/C=C/c1ccccc1[N+](=O)[O-])c1ccc2c(c1)OCCO2. The monoisotopic (exact) mass is 368 g/mol. The van der Waals surface area contributed by atoms with Crippen LogP contribution in [0.5, 0.6) is 11.5 Å². The summed E-state index contributed by atoms with van der Waals surface area (Å²) in [6.45, 7) is 2.99. The first-order chi connectivity index (χ1) is 13.1. The molecule has 2 aromatic rings. The molecule has 0 spiro atoms. The van der Waals surface area contributed by atoms with E-state index in [-0.39, 0.29) is 17.6 Å². The van der Waals surface area contributed by atoms with E-state index in [1.54, 1.807) is 18.2 Å². The molecular weight excluding hydrogens is 348 g/mol. The molecule has 0 aliphatic carbocycles. The number of nitro benzene ring substituents is 1. The fourth-order valence-corrected chi connectivity index (χ4v) is 2.88. The summed E-state index contributed by atoms with van der Waals surface area (Å²) >= 11 is 0. The first kappa shape index (κ1) is 18.4. The van der Waals surface area contributed by atoms with E-state index in [0.717, 1.165) is 5.56 Å². The Kier molecular flexibility index (Phi) is 5.71. The first-order valence-electron chi connectivity index (χ1n) is 8.70. The zero-order valence-electron chi connectivity index (χ0n) is 14.9. The van der Waals surface area contributed by atoms with E-state index in [2.05, 4.69) is 5.32 Å². The van der Waals surface area contributed by atoms with Crippen molar-refractivity contribution in [2.45, 2.75) is 19.4 Å². The number of nitro groups is 1. The molecule has 0 aromatic heterocycles. The summed E-state index contributed by atoms with van der Waals surface area (Å²) in [7, 11) is 0. The van der Waals surface area contributed by atoms with Crippen molar-refractivity contribution >= 4 is 17.7 Å². The molecule has 0 saturated heterocycles. The summed E-state index contributed by atoms with van der Waals surface area (Å²) in [5.74, 6) is 1.04. The lowest BCUT2D eigenvalue weighted by Gasteiger charge is -2.22. The molecular formula is C20H20N2O5. The van der Waals surface area contributed by atoms with Crippen LogP contribution >= 0.6 is 0 Å². The van der Waals surface area contributed by atoms with Crippen LogP contribution in [0.4, 0.5) is 5.69 Å². The van der Waals surface area contributed by atoms with E-state index in [1.807, 2.05) is 25.1 Å². The number of carbonyl (C=O) groups excluding carboxylic acids is 1. The van der Waals surface area contributed by atoms with Crippen LogP contribution in [0.25, 0.3) is 6.08 Å². The number of para-hydroxylation sites is 1. The van der Waals surface area contributed by atoms with Crippen LogP contribution in [0.1, 0.15) is 30.5 Å². The minimum absolute atomic E-state index is 0.0413. The minimum atomic E-state index is -0.471. The molecule has 1 N–H and O–H groups in total. The van der Waals surface area contributed by atoms with Crippen molar-refractivity contribution in [3.63, 3.8) is 0 Å². The Morgan fingerprint density at radius 3 is 2.70 bits per heavy atom. The van der Waals surface area contributed by atoms with Crippen LogP contribution in [0.15, 0.2) is 48.5 Å². The third kappa shape index (κ3) is 4.44. The Hall–Kier alpha value is -3.35. The number of nitrogens with one attached hydrogen (secondary N) is 1. The van der Waals surface area contributed by atoms with Gasteiger partial charge < -0.3 is 14.8 Å². The molecule has 1 aliphatic rings. The van der Waals surface area contributed by atoms with Gasteiger partial charge in [0.1, 0.15) is 13.2 Å². The average molecular weight is 368 g/mol. The predicted molar refractivity (Wildman–Crippen MR) is 101 cm³/mol. The lowest BCUT2D eigenvalue weighted by Crippen LogP contribution is -2.26. The van der Waals surface area contributed by atoms with Gasteiger partial charge in [-0.3, -0.25) is 14.9 Å². The molecule has 0 saturated carbocycles. The maximum atomic E-state index is 12.3. The highest BCUT2D eigenvalue weighted by atomic mass is 16.6. The van der Waals surface area contributed by atoms with Gasteiger partial charge in [-0.2, -0.15) is 0 Å². The number of fused-ring (bicyclic) bond motifs is 1. The first-order valence-corrected chi connectivity index (χ1v) is 8.70. The summed E-state index contributed by atoms with van der Waals surface area (Å²) in [6.07, 6.45) is 3.44. The van der Waals surface area contributed by atoms with Gasteiger partial charge in [-0.05, 0) is 36.3 Å². The third-order valence-electron chi connectivity index (χ3n) is 4.24. The third-order valence-corrected chi connectivity index (χ3v) is 4.24. The van der Waals surface area contributed by atoms with E-state index in [9.17, 15) is 14.9 Å². The molecule has 3 rings (SSSR count). The second kappa shape index (κ2) is 8.35. The molecule has 140 valence electrons. The molecule has 1 heterocycles. The molecule has 1 atom stereocenters. The molecule has 7 heteroatoms. The van der Waals surface area contributed by atoms with Crippen LogP contribution in [-0.4, -0.2) is 24.0 Å². The number of ether oxygens (including phenoxy) is 2. The summed E-state index contributed by atoms with van der Waals surface area (Å²) in [5, 5.41) is 14.0. The van der Waals surface area contributed by atoms with Gasteiger partial charge in [0.2, 0.25) is 5.91 Å². The van der Waals surface area contributed by atoms with Gasteiger partial charge in [-0.1, -0.05) is 25.1 Å². The Labute approximate surface area is 156 Å². The van der Waals surface area contributed by atoms with Crippen LogP contribution < -0.4 is 14.8 Å². The number of benzene rings is 2. The Bertz CT molecular complexity index is 878.